The highest BCUT2D eigenvalue weighted by Gasteiger charge is 2.42. The predicted octanol–water partition coefficient (Wildman–Crippen LogP) is 3.23. The number of hydrogen-bond donors (Lipinski definition) is 1. The first-order chi connectivity index (χ1) is 7.16. The Bertz CT molecular complexity index is 337. The number of rotatable bonds is 3. The first kappa shape index (κ1) is 11.0. The van der Waals surface area contributed by atoms with Crippen LogP contribution >= 0.6 is 11.6 Å². The minimum Gasteiger partial charge on any atom is -0.319 e. The van der Waals surface area contributed by atoms with Crippen molar-refractivity contribution in [2.75, 3.05) is 13.6 Å². The van der Waals surface area contributed by atoms with E-state index in [4.69, 9.17) is 11.6 Å². The molecule has 1 aromatic carbocycles. The minimum atomic E-state index is 0.332. The van der Waals surface area contributed by atoms with Gasteiger partial charge in [-0.05, 0) is 43.5 Å². The maximum Gasteiger partial charge on any atom is 0.0408 e. The summed E-state index contributed by atoms with van der Waals surface area (Å²) in [5.41, 5.74) is 1.72. The third-order valence-corrected chi connectivity index (χ3v) is 3.67. The first-order valence-corrected chi connectivity index (χ1v) is 5.95. The molecule has 0 saturated heterocycles. The number of benzene rings is 1. The monoisotopic (exact) mass is 223 g/mol. The fourth-order valence-corrected chi connectivity index (χ4v) is 3.10. The highest BCUT2D eigenvalue weighted by Crippen LogP contribution is 2.47. The smallest absolute Gasteiger partial charge is 0.0408 e. The number of nitrogens with one attached hydrogen (secondary N) is 1. The van der Waals surface area contributed by atoms with Gasteiger partial charge in [-0.3, -0.25) is 0 Å². The molecule has 0 spiro atoms. The summed E-state index contributed by atoms with van der Waals surface area (Å²) in [6.45, 7) is 3.37. The Morgan fingerprint density at radius 3 is 2.73 bits per heavy atom. The Labute approximate surface area is 96.8 Å². The molecule has 0 bridgehead atoms. The van der Waals surface area contributed by atoms with Crippen molar-refractivity contribution in [3.8, 4) is 0 Å². The molecule has 0 heterocycles. The lowest BCUT2D eigenvalue weighted by molar-refractivity contribution is 0.155. The summed E-state index contributed by atoms with van der Waals surface area (Å²) in [5.74, 6) is 0.845. The molecule has 0 amide bonds. The molecule has 1 nitrogen and oxygen atoms in total. The Morgan fingerprint density at radius 1 is 1.47 bits per heavy atom. The van der Waals surface area contributed by atoms with E-state index in [1.54, 1.807) is 0 Å². The lowest BCUT2D eigenvalue weighted by Gasteiger charge is -2.47. The Kier molecular flexibility index (Phi) is 3.03. The molecule has 82 valence electrons. The molecular formula is C13H18ClN. The van der Waals surface area contributed by atoms with Crippen LogP contribution in [-0.2, 0) is 5.41 Å². The van der Waals surface area contributed by atoms with Gasteiger partial charge in [-0.15, -0.1) is 0 Å². The number of hydrogen-bond acceptors (Lipinski definition) is 1. The molecule has 1 N–H and O–H groups in total. The van der Waals surface area contributed by atoms with Crippen molar-refractivity contribution in [2.45, 2.75) is 25.2 Å². The van der Waals surface area contributed by atoms with E-state index in [-0.39, 0.29) is 0 Å². The molecule has 1 aliphatic carbocycles. The highest BCUT2D eigenvalue weighted by molar-refractivity contribution is 6.30. The van der Waals surface area contributed by atoms with Crippen LogP contribution < -0.4 is 5.32 Å². The van der Waals surface area contributed by atoms with E-state index in [1.807, 2.05) is 13.1 Å². The maximum atomic E-state index is 6.05. The van der Waals surface area contributed by atoms with Gasteiger partial charge in [0.1, 0.15) is 0 Å². The molecule has 1 saturated carbocycles. The van der Waals surface area contributed by atoms with Gasteiger partial charge in [-0.1, -0.05) is 30.7 Å². The van der Waals surface area contributed by atoms with Crippen LogP contribution in [0.25, 0.3) is 0 Å². The lowest BCUT2D eigenvalue weighted by atomic mass is 9.59. The van der Waals surface area contributed by atoms with Crippen LogP contribution in [0.2, 0.25) is 5.02 Å². The number of halogens is 1. The van der Waals surface area contributed by atoms with Gasteiger partial charge in [0, 0.05) is 17.0 Å². The van der Waals surface area contributed by atoms with Crippen molar-refractivity contribution in [3.05, 3.63) is 34.9 Å². The first-order valence-electron chi connectivity index (χ1n) is 5.57. The van der Waals surface area contributed by atoms with Gasteiger partial charge < -0.3 is 5.32 Å². The third kappa shape index (κ3) is 2.04. The second-order valence-electron chi connectivity index (χ2n) is 4.83. The van der Waals surface area contributed by atoms with E-state index in [0.717, 1.165) is 17.5 Å². The van der Waals surface area contributed by atoms with Crippen LogP contribution in [0.5, 0.6) is 0 Å². The fraction of sp³-hybridized carbons (Fsp3) is 0.538. The standard InChI is InChI=1S/C13H18ClN/c1-10-7-13(8-10,9-15-2)11-4-3-5-12(14)6-11/h3-6,10,15H,7-9H2,1-2H3. The van der Waals surface area contributed by atoms with Gasteiger partial charge >= 0.3 is 0 Å². The van der Waals surface area contributed by atoms with Crippen molar-refractivity contribution < 1.29 is 0 Å². The molecule has 2 heteroatoms. The Balaban J connectivity index is 2.26. The van der Waals surface area contributed by atoms with Crippen molar-refractivity contribution in [1.29, 1.82) is 0 Å². The van der Waals surface area contributed by atoms with Gasteiger partial charge in [0.05, 0.1) is 0 Å². The molecule has 2 rings (SSSR count). The van der Waals surface area contributed by atoms with Gasteiger partial charge in [0.25, 0.3) is 0 Å². The third-order valence-electron chi connectivity index (χ3n) is 3.43. The normalized spacial score (nSPS) is 29.9. The SMILES string of the molecule is CNCC1(c2cccc(Cl)c2)CC(C)C1. The molecular weight excluding hydrogens is 206 g/mol. The summed E-state index contributed by atoms with van der Waals surface area (Å²) in [4.78, 5) is 0. The lowest BCUT2D eigenvalue weighted by Crippen LogP contribution is -2.47. The van der Waals surface area contributed by atoms with E-state index < -0.39 is 0 Å². The van der Waals surface area contributed by atoms with Crippen molar-refractivity contribution in [2.24, 2.45) is 5.92 Å². The van der Waals surface area contributed by atoms with Crippen LogP contribution in [-0.4, -0.2) is 13.6 Å². The van der Waals surface area contributed by atoms with Gasteiger partial charge in [-0.2, -0.15) is 0 Å². The van der Waals surface area contributed by atoms with Crippen molar-refractivity contribution in [1.82, 2.24) is 5.32 Å². The number of likely N-dealkylation sites (N-methyl/N-ethyl adjacent to an activating group) is 1. The summed E-state index contributed by atoms with van der Waals surface area (Å²) in [6, 6.07) is 8.32. The Morgan fingerprint density at radius 2 is 2.20 bits per heavy atom. The zero-order chi connectivity index (χ0) is 10.9. The highest BCUT2D eigenvalue weighted by atomic mass is 35.5. The average molecular weight is 224 g/mol. The summed E-state index contributed by atoms with van der Waals surface area (Å²) < 4.78 is 0. The minimum absolute atomic E-state index is 0.332. The van der Waals surface area contributed by atoms with Gasteiger partial charge in [0.2, 0.25) is 0 Å². The summed E-state index contributed by atoms with van der Waals surface area (Å²) in [7, 11) is 2.02. The van der Waals surface area contributed by atoms with E-state index in [1.165, 1.54) is 18.4 Å². The largest absolute Gasteiger partial charge is 0.319 e. The van der Waals surface area contributed by atoms with Crippen LogP contribution in [0.1, 0.15) is 25.3 Å². The molecule has 0 aromatic heterocycles. The Hall–Kier alpha value is -0.530. The molecule has 0 unspecified atom stereocenters. The van der Waals surface area contributed by atoms with Gasteiger partial charge in [0.15, 0.2) is 0 Å². The molecule has 0 radical (unpaired) electrons. The maximum absolute atomic E-state index is 6.05. The van der Waals surface area contributed by atoms with Crippen LogP contribution in [0, 0.1) is 5.92 Å². The van der Waals surface area contributed by atoms with E-state index >= 15 is 0 Å². The molecule has 15 heavy (non-hydrogen) atoms. The van der Waals surface area contributed by atoms with Gasteiger partial charge in [-0.25, -0.2) is 0 Å². The predicted molar refractivity (Wildman–Crippen MR) is 65.5 cm³/mol. The summed E-state index contributed by atoms with van der Waals surface area (Å²) in [5, 5.41) is 4.16. The molecule has 0 atom stereocenters. The average Bonchev–Trinajstić information content (AvgIpc) is 2.15. The van der Waals surface area contributed by atoms with Crippen LogP contribution in [0.3, 0.4) is 0 Å². The summed E-state index contributed by atoms with van der Waals surface area (Å²) in [6.07, 6.45) is 2.54. The second kappa shape index (κ2) is 4.15. The zero-order valence-electron chi connectivity index (χ0n) is 9.39. The molecule has 1 aliphatic rings. The van der Waals surface area contributed by atoms with Crippen molar-refractivity contribution in [3.63, 3.8) is 0 Å². The van der Waals surface area contributed by atoms with E-state index in [0.29, 0.717) is 5.41 Å². The summed E-state index contributed by atoms with van der Waals surface area (Å²) >= 11 is 6.05. The van der Waals surface area contributed by atoms with Crippen LogP contribution in [0.15, 0.2) is 24.3 Å². The fourth-order valence-electron chi connectivity index (χ4n) is 2.91. The zero-order valence-corrected chi connectivity index (χ0v) is 10.1. The topological polar surface area (TPSA) is 12.0 Å². The van der Waals surface area contributed by atoms with Crippen LogP contribution in [0.4, 0.5) is 0 Å². The van der Waals surface area contributed by atoms with E-state index in [9.17, 15) is 0 Å². The molecule has 0 aliphatic heterocycles. The second-order valence-corrected chi connectivity index (χ2v) is 5.27. The van der Waals surface area contributed by atoms with E-state index in [2.05, 4.69) is 30.4 Å². The quantitative estimate of drug-likeness (QED) is 0.830. The molecule has 1 fully saturated rings. The molecule has 1 aromatic rings. The van der Waals surface area contributed by atoms with Crippen molar-refractivity contribution >= 4 is 11.6 Å².